The fraction of sp³-hybridized carbons (Fsp3) is 0.650. The highest BCUT2D eigenvalue weighted by Gasteiger charge is 2.38. The molecule has 2 aromatic rings. The molecule has 0 unspecified atom stereocenters. The smallest absolute Gasteiger partial charge is 0.227 e. The zero-order valence-corrected chi connectivity index (χ0v) is 16.4. The molecule has 6 heteroatoms. The molecule has 0 N–H and O–H groups in total. The van der Waals surface area contributed by atoms with Crippen molar-refractivity contribution in [2.75, 3.05) is 24.5 Å². The Morgan fingerprint density at radius 3 is 2.50 bits per heavy atom. The van der Waals surface area contributed by atoms with Crippen LogP contribution in [0, 0.1) is 13.8 Å². The first-order valence-electron chi connectivity index (χ1n) is 9.82. The lowest BCUT2D eigenvalue weighted by molar-refractivity contribution is 0.0980. The lowest BCUT2D eigenvalue weighted by Crippen LogP contribution is -2.50. The van der Waals surface area contributed by atoms with Crippen molar-refractivity contribution in [3.8, 4) is 5.82 Å². The molecule has 6 nitrogen and oxygen atoms in total. The predicted molar refractivity (Wildman–Crippen MR) is 104 cm³/mol. The van der Waals surface area contributed by atoms with Crippen molar-refractivity contribution in [2.24, 2.45) is 0 Å². The van der Waals surface area contributed by atoms with Crippen molar-refractivity contribution >= 4 is 5.95 Å². The van der Waals surface area contributed by atoms with Crippen molar-refractivity contribution < 1.29 is 0 Å². The molecule has 0 spiro atoms. The van der Waals surface area contributed by atoms with Gasteiger partial charge < -0.3 is 4.90 Å². The van der Waals surface area contributed by atoms with Gasteiger partial charge in [0.1, 0.15) is 0 Å². The summed E-state index contributed by atoms with van der Waals surface area (Å²) in [7, 11) is 0. The minimum absolute atomic E-state index is 0.360. The molecule has 0 bridgehead atoms. The van der Waals surface area contributed by atoms with Gasteiger partial charge in [0.2, 0.25) is 5.95 Å². The summed E-state index contributed by atoms with van der Waals surface area (Å²) in [6.07, 6.45) is 6.89. The number of piperidine rings is 1. The summed E-state index contributed by atoms with van der Waals surface area (Å²) in [5.74, 6) is 1.68. The van der Waals surface area contributed by atoms with Crippen molar-refractivity contribution in [3.63, 3.8) is 0 Å². The number of hydrogen-bond acceptors (Lipinski definition) is 5. The third-order valence-corrected chi connectivity index (χ3v) is 6.01. The van der Waals surface area contributed by atoms with Crippen LogP contribution in [0.1, 0.15) is 50.9 Å². The van der Waals surface area contributed by atoms with E-state index in [4.69, 9.17) is 4.98 Å². The number of hydrogen-bond donors (Lipinski definition) is 0. The van der Waals surface area contributed by atoms with E-state index in [1.165, 1.54) is 32.2 Å². The van der Waals surface area contributed by atoms with Crippen LogP contribution in [0.25, 0.3) is 5.82 Å². The summed E-state index contributed by atoms with van der Waals surface area (Å²) in [6.45, 7) is 12.2. The molecule has 4 heterocycles. The van der Waals surface area contributed by atoms with Crippen LogP contribution < -0.4 is 4.90 Å². The van der Waals surface area contributed by atoms with Gasteiger partial charge in [-0.3, -0.25) is 4.90 Å². The van der Waals surface area contributed by atoms with Gasteiger partial charge in [-0.15, -0.1) is 0 Å². The van der Waals surface area contributed by atoms with Gasteiger partial charge in [-0.1, -0.05) is 0 Å². The molecule has 2 aromatic heterocycles. The quantitative estimate of drug-likeness (QED) is 0.848. The average Bonchev–Trinajstić information content (AvgIpc) is 3.15. The van der Waals surface area contributed by atoms with Crippen molar-refractivity contribution in [1.82, 2.24) is 24.6 Å². The summed E-state index contributed by atoms with van der Waals surface area (Å²) in [6, 6.07) is 4.70. The summed E-state index contributed by atoms with van der Waals surface area (Å²) in [5.41, 5.74) is 2.47. The third-order valence-electron chi connectivity index (χ3n) is 6.01. The highest BCUT2D eigenvalue weighted by molar-refractivity contribution is 5.36. The lowest BCUT2D eigenvalue weighted by atomic mass is 9.96. The van der Waals surface area contributed by atoms with E-state index in [0.29, 0.717) is 11.6 Å². The van der Waals surface area contributed by atoms with Gasteiger partial charge in [0.05, 0.1) is 5.69 Å². The fourth-order valence-corrected chi connectivity index (χ4v) is 4.65. The Morgan fingerprint density at radius 1 is 1.12 bits per heavy atom. The van der Waals surface area contributed by atoms with E-state index in [0.717, 1.165) is 36.2 Å². The van der Waals surface area contributed by atoms with Crippen LogP contribution in [0.15, 0.2) is 18.3 Å². The van der Waals surface area contributed by atoms with E-state index in [1.54, 1.807) is 0 Å². The monoisotopic (exact) mass is 354 g/mol. The molecule has 0 saturated carbocycles. The number of likely N-dealkylation sites (tertiary alicyclic amines) is 1. The van der Waals surface area contributed by atoms with Gasteiger partial charge >= 0.3 is 0 Å². The molecule has 2 saturated heterocycles. The molecule has 0 aliphatic carbocycles. The maximum absolute atomic E-state index is 4.79. The Labute approximate surface area is 156 Å². The van der Waals surface area contributed by atoms with E-state index in [2.05, 4.69) is 46.7 Å². The molecular formula is C20H30N6. The molecule has 0 aromatic carbocycles. The van der Waals surface area contributed by atoms with Crippen molar-refractivity contribution in [2.45, 2.75) is 65.0 Å². The largest absolute Gasteiger partial charge is 0.341 e. The maximum Gasteiger partial charge on any atom is 0.227 e. The minimum atomic E-state index is 0.360. The molecule has 2 aliphatic rings. The molecule has 0 atom stereocenters. The Balaban J connectivity index is 1.47. The molecular weight excluding hydrogens is 324 g/mol. The van der Waals surface area contributed by atoms with E-state index < -0.39 is 0 Å². The van der Waals surface area contributed by atoms with Crippen LogP contribution in [0.2, 0.25) is 0 Å². The highest BCUT2D eigenvalue weighted by atomic mass is 15.4. The topological polar surface area (TPSA) is 50.1 Å². The summed E-state index contributed by atoms with van der Waals surface area (Å²) < 4.78 is 1.90. The van der Waals surface area contributed by atoms with Crippen LogP contribution in [-0.2, 0) is 0 Å². The number of rotatable bonds is 3. The number of nitrogens with zero attached hydrogens (tertiary/aromatic N) is 6. The number of aromatic nitrogens is 4. The van der Waals surface area contributed by atoms with Gasteiger partial charge in [0, 0.05) is 42.6 Å². The summed E-state index contributed by atoms with van der Waals surface area (Å²) in [5, 5.41) is 4.55. The van der Waals surface area contributed by atoms with Gasteiger partial charge in [0.15, 0.2) is 5.82 Å². The van der Waals surface area contributed by atoms with E-state index in [9.17, 15) is 0 Å². The SMILES string of the molecule is Cc1cc(C)n(-c2ccnc(N3CCC(N4CCCC4(C)C)CC3)n2)n1. The average molecular weight is 355 g/mol. The van der Waals surface area contributed by atoms with E-state index in [1.807, 2.05) is 23.9 Å². The molecule has 26 heavy (non-hydrogen) atoms. The summed E-state index contributed by atoms with van der Waals surface area (Å²) >= 11 is 0. The van der Waals surface area contributed by atoms with E-state index in [-0.39, 0.29) is 0 Å². The molecule has 140 valence electrons. The fourth-order valence-electron chi connectivity index (χ4n) is 4.65. The standard InChI is InChI=1S/C20H30N6/c1-15-14-16(2)26(23-15)18-6-10-21-19(22-18)24-12-7-17(8-13-24)25-11-5-9-20(25,3)4/h6,10,14,17H,5,7-9,11-13H2,1-4H3. The van der Waals surface area contributed by atoms with Gasteiger partial charge in [-0.25, -0.2) is 9.67 Å². The minimum Gasteiger partial charge on any atom is -0.341 e. The third kappa shape index (κ3) is 3.22. The Bertz CT molecular complexity index is 772. The first kappa shape index (κ1) is 17.5. The van der Waals surface area contributed by atoms with Crippen LogP contribution in [-0.4, -0.2) is 55.9 Å². The Kier molecular flexibility index (Phi) is 4.47. The number of aryl methyl sites for hydroxylation is 2. The first-order chi connectivity index (χ1) is 12.4. The predicted octanol–water partition coefficient (Wildman–Crippen LogP) is 3.12. The molecule has 2 fully saturated rings. The zero-order chi connectivity index (χ0) is 18.3. The van der Waals surface area contributed by atoms with Crippen molar-refractivity contribution in [3.05, 3.63) is 29.7 Å². The second kappa shape index (κ2) is 6.65. The lowest BCUT2D eigenvalue weighted by Gasteiger charge is -2.42. The second-order valence-corrected chi connectivity index (χ2v) is 8.38. The normalized spacial score (nSPS) is 21.5. The van der Waals surface area contributed by atoms with E-state index >= 15 is 0 Å². The van der Waals surface area contributed by atoms with Gasteiger partial charge in [-0.05, 0) is 66.0 Å². The molecule has 2 aliphatic heterocycles. The van der Waals surface area contributed by atoms with Crippen LogP contribution in [0.4, 0.5) is 5.95 Å². The van der Waals surface area contributed by atoms with Gasteiger partial charge in [-0.2, -0.15) is 10.1 Å². The van der Waals surface area contributed by atoms with Crippen LogP contribution in [0.5, 0.6) is 0 Å². The highest BCUT2D eigenvalue weighted by Crippen LogP contribution is 2.34. The maximum atomic E-state index is 4.79. The molecule has 0 amide bonds. The van der Waals surface area contributed by atoms with Crippen LogP contribution >= 0.6 is 0 Å². The molecule has 0 radical (unpaired) electrons. The second-order valence-electron chi connectivity index (χ2n) is 8.38. The zero-order valence-electron chi connectivity index (χ0n) is 16.4. The first-order valence-corrected chi connectivity index (χ1v) is 9.82. The molecule has 4 rings (SSSR count). The summed E-state index contributed by atoms with van der Waals surface area (Å²) in [4.78, 5) is 14.4. The van der Waals surface area contributed by atoms with Crippen molar-refractivity contribution in [1.29, 1.82) is 0 Å². The Morgan fingerprint density at radius 2 is 1.88 bits per heavy atom. The number of anilines is 1. The van der Waals surface area contributed by atoms with Gasteiger partial charge in [0.25, 0.3) is 0 Å². The Hall–Kier alpha value is -1.95. The van der Waals surface area contributed by atoms with Crippen LogP contribution in [0.3, 0.4) is 0 Å².